The summed E-state index contributed by atoms with van der Waals surface area (Å²) in [7, 11) is 0. The van der Waals surface area contributed by atoms with E-state index in [4.69, 9.17) is 0 Å². The van der Waals surface area contributed by atoms with Gasteiger partial charge in [0.05, 0.1) is 0 Å². The normalized spacial score (nSPS) is 10.2. The summed E-state index contributed by atoms with van der Waals surface area (Å²) in [5, 5.41) is 2.74. The second-order valence-electron chi connectivity index (χ2n) is 4.34. The van der Waals surface area contributed by atoms with Crippen molar-refractivity contribution in [3.63, 3.8) is 0 Å². The molecule has 3 nitrogen and oxygen atoms in total. The first-order chi connectivity index (χ1) is 9.13. The van der Waals surface area contributed by atoms with Crippen LogP contribution in [0.4, 0.5) is 10.2 Å². The van der Waals surface area contributed by atoms with Crippen molar-refractivity contribution >= 4 is 11.7 Å². The van der Waals surface area contributed by atoms with Crippen LogP contribution in [0.1, 0.15) is 17.7 Å². The van der Waals surface area contributed by atoms with Gasteiger partial charge in [0.2, 0.25) is 5.91 Å². The van der Waals surface area contributed by atoms with Gasteiger partial charge in [-0.1, -0.05) is 18.2 Å². The Bertz CT molecular complexity index is 567. The lowest BCUT2D eigenvalue weighted by Crippen LogP contribution is -2.13. The summed E-state index contributed by atoms with van der Waals surface area (Å²) in [4.78, 5) is 15.9. The molecule has 4 heteroatoms. The Balaban J connectivity index is 1.86. The van der Waals surface area contributed by atoms with Gasteiger partial charge in [-0.05, 0) is 43.2 Å². The third-order valence-corrected chi connectivity index (χ3v) is 2.71. The van der Waals surface area contributed by atoms with Gasteiger partial charge in [-0.15, -0.1) is 0 Å². The second-order valence-corrected chi connectivity index (χ2v) is 4.34. The highest BCUT2D eigenvalue weighted by atomic mass is 19.1. The SMILES string of the molecule is Cc1cccc(NC(=O)CCc2ccc(F)cc2)n1. The van der Waals surface area contributed by atoms with E-state index in [1.165, 1.54) is 12.1 Å². The largest absolute Gasteiger partial charge is 0.311 e. The van der Waals surface area contributed by atoms with Crippen molar-refractivity contribution in [3.05, 3.63) is 59.5 Å². The molecule has 0 bridgehead atoms. The first-order valence-corrected chi connectivity index (χ1v) is 6.11. The van der Waals surface area contributed by atoms with Crippen molar-refractivity contribution in [2.24, 2.45) is 0 Å². The van der Waals surface area contributed by atoms with Gasteiger partial charge in [0, 0.05) is 12.1 Å². The van der Waals surface area contributed by atoms with E-state index in [9.17, 15) is 9.18 Å². The number of aryl methyl sites for hydroxylation is 2. The number of benzene rings is 1. The van der Waals surface area contributed by atoms with Crippen LogP contribution in [0.15, 0.2) is 42.5 Å². The highest BCUT2D eigenvalue weighted by Gasteiger charge is 2.04. The van der Waals surface area contributed by atoms with Crippen LogP contribution in [0.5, 0.6) is 0 Å². The van der Waals surface area contributed by atoms with E-state index in [1.807, 2.05) is 19.1 Å². The topological polar surface area (TPSA) is 42.0 Å². The van der Waals surface area contributed by atoms with Gasteiger partial charge < -0.3 is 5.32 Å². The lowest BCUT2D eigenvalue weighted by Gasteiger charge is -2.05. The Morgan fingerprint density at radius 3 is 2.63 bits per heavy atom. The molecule has 1 N–H and O–H groups in total. The molecule has 0 saturated carbocycles. The first-order valence-electron chi connectivity index (χ1n) is 6.11. The number of pyridine rings is 1. The van der Waals surface area contributed by atoms with Crippen molar-refractivity contribution < 1.29 is 9.18 Å². The van der Waals surface area contributed by atoms with Gasteiger partial charge in [-0.3, -0.25) is 4.79 Å². The molecule has 0 aliphatic carbocycles. The molecule has 0 saturated heterocycles. The number of anilines is 1. The Kier molecular flexibility index (Phi) is 4.23. The first kappa shape index (κ1) is 13.2. The van der Waals surface area contributed by atoms with Gasteiger partial charge in [-0.2, -0.15) is 0 Å². The highest BCUT2D eigenvalue weighted by molar-refractivity contribution is 5.89. The standard InChI is InChI=1S/C15H15FN2O/c1-11-3-2-4-14(17-11)18-15(19)10-7-12-5-8-13(16)9-6-12/h2-6,8-9H,7,10H2,1H3,(H,17,18,19). The zero-order valence-corrected chi connectivity index (χ0v) is 10.7. The maximum atomic E-state index is 12.7. The fourth-order valence-corrected chi connectivity index (χ4v) is 1.73. The smallest absolute Gasteiger partial charge is 0.225 e. The number of hydrogen-bond donors (Lipinski definition) is 1. The Morgan fingerprint density at radius 2 is 1.95 bits per heavy atom. The van der Waals surface area contributed by atoms with Gasteiger partial charge in [0.25, 0.3) is 0 Å². The molecule has 1 heterocycles. The number of carbonyl (C=O) groups excluding carboxylic acids is 1. The maximum absolute atomic E-state index is 12.7. The van der Waals surface area contributed by atoms with Crippen molar-refractivity contribution in [1.82, 2.24) is 4.98 Å². The maximum Gasteiger partial charge on any atom is 0.225 e. The van der Waals surface area contributed by atoms with Gasteiger partial charge >= 0.3 is 0 Å². The summed E-state index contributed by atoms with van der Waals surface area (Å²) >= 11 is 0. The molecule has 0 aliphatic rings. The average molecular weight is 258 g/mol. The Morgan fingerprint density at radius 1 is 1.21 bits per heavy atom. The van der Waals surface area contributed by atoms with Crippen LogP contribution in [-0.4, -0.2) is 10.9 Å². The lowest BCUT2D eigenvalue weighted by atomic mass is 10.1. The summed E-state index contributed by atoms with van der Waals surface area (Å²) in [6.07, 6.45) is 0.930. The van der Waals surface area contributed by atoms with Gasteiger partial charge in [0.1, 0.15) is 11.6 Å². The number of nitrogens with zero attached hydrogens (tertiary/aromatic N) is 1. The van der Waals surface area contributed by atoms with Crippen LogP contribution in [0.3, 0.4) is 0 Å². The van der Waals surface area contributed by atoms with E-state index >= 15 is 0 Å². The molecule has 2 aromatic rings. The predicted molar refractivity (Wildman–Crippen MR) is 72.3 cm³/mol. The fraction of sp³-hybridized carbons (Fsp3) is 0.200. The number of carbonyl (C=O) groups is 1. The predicted octanol–water partition coefficient (Wildman–Crippen LogP) is 3.10. The Labute approximate surface area is 111 Å². The molecule has 0 fully saturated rings. The summed E-state index contributed by atoms with van der Waals surface area (Å²) in [5.41, 5.74) is 1.80. The Hall–Kier alpha value is -2.23. The molecule has 0 atom stereocenters. The van der Waals surface area contributed by atoms with Crippen LogP contribution >= 0.6 is 0 Å². The number of amides is 1. The molecule has 0 radical (unpaired) electrons. The van der Waals surface area contributed by atoms with E-state index in [1.54, 1.807) is 18.2 Å². The quantitative estimate of drug-likeness (QED) is 0.915. The third-order valence-electron chi connectivity index (χ3n) is 2.71. The minimum Gasteiger partial charge on any atom is -0.311 e. The number of rotatable bonds is 4. The molecule has 1 aromatic heterocycles. The summed E-state index contributed by atoms with van der Waals surface area (Å²) in [5.74, 6) is 0.198. The van der Waals surface area contributed by atoms with Gasteiger partial charge in [0.15, 0.2) is 0 Å². The summed E-state index contributed by atoms with van der Waals surface area (Å²) in [6.45, 7) is 1.87. The lowest BCUT2D eigenvalue weighted by molar-refractivity contribution is -0.116. The number of halogens is 1. The summed E-state index contributed by atoms with van der Waals surface area (Å²) < 4.78 is 12.7. The molecule has 0 unspecified atom stereocenters. The van der Waals surface area contributed by atoms with E-state index in [0.717, 1.165) is 11.3 Å². The van der Waals surface area contributed by atoms with Crippen LogP contribution in [0.2, 0.25) is 0 Å². The summed E-state index contributed by atoms with van der Waals surface area (Å²) in [6, 6.07) is 11.6. The van der Waals surface area contributed by atoms with Crippen molar-refractivity contribution in [3.8, 4) is 0 Å². The van der Waals surface area contributed by atoms with Crippen molar-refractivity contribution in [1.29, 1.82) is 0 Å². The van der Waals surface area contributed by atoms with Crippen LogP contribution in [0.25, 0.3) is 0 Å². The molecular formula is C15H15FN2O. The molecule has 0 aliphatic heterocycles. The van der Waals surface area contributed by atoms with E-state index in [2.05, 4.69) is 10.3 Å². The zero-order chi connectivity index (χ0) is 13.7. The highest BCUT2D eigenvalue weighted by Crippen LogP contribution is 2.08. The van der Waals surface area contributed by atoms with E-state index in [0.29, 0.717) is 18.7 Å². The monoisotopic (exact) mass is 258 g/mol. The fourth-order valence-electron chi connectivity index (χ4n) is 1.73. The van der Waals surface area contributed by atoms with Crippen molar-refractivity contribution in [2.75, 3.05) is 5.32 Å². The number of hydrogen-bond acceptors (Lipinski definition) is 2. The average Bonchev–Trinajstić information content (AvgIpc) is 2.38. The molecule has 2 rings (SSSR count). The van der Waals surface area contributed by atoms with Crippen molar-refractivity contribution in [2.45, 2.75) is 19.8 Å². The number of aromatic nitrogens is 1. The minimum absolute atomic E-state index is 0.0950. The third kappa shape index (κ3) is 4.17. The van der Waals surface area contributed by atoms with Gasteiger partial charge in [-0.25, -0.2) is 9.37 Å². The molecule has 1 aromatic carbocycles. The van der Waals surface area contributed by atoms with E-state index < -0.39 is 0 Å². The molecule has 1 amide bonds. The minimum atomic E-state index is -0.267. The zero-order valence-electron chi connectivity index (χ0n) is 10.7. The molecule has 0 spiro atoms. The second kappa shape index (κ2) is 6.09. The van der Waals surface area contributed by atoms with E-state index in [-0.39, 0.29) is 11.7 Å². The number of nitrogens with one attached hydrogen (secondary N) is 1. The molecule has 98 valence electrons. The van der Waals surface area contributed by atoms with Crippen LogP contribution in [0, 0.1) is 12.7 Å². The molecule has 19 heavy (non-hydrogen) atoms. The molecular weight excluding hydrogens is 243 g/mol. The van der Waals surface area contributed by atoms with Crippen LogP contribution in [-0.2, 0) is 11.2 Å². The van der Waals surface area contributed by atoms with Crippen LogP contribution < -0.4 is 5.32 Å².